The minimum absolute atomic E-state index is 0.301. The third-order valence-corrected chi connectivity index (χ3v) is 3.01. The van der Waals surface area contributed by atoms with E-state index in [0.29, 0.717) is 19.3 Å². The Bertz CT molecular complexity index is 327. The van der Waals surface area contributed by atoms with Crippen LogP contribution in [0, 0.1) is 5.92 Å². The van der Waals surface area contributed by atoms with Crippen LogP contribution in [-0.4, -0.2) is 32.4 Å². The van der Waals surface area contributed by atoms with Crippen molar-refractivity contribution < 1.29 is 9.47 Å². The molecule has 0 radical (unpaired) electrons. The number of hydrogen-bond acceptors (Lipinski definition) is 3. The summed E-state index contributed by atoms with van der Waals surface area (Å²) in [6.07, 6.45) is 2.55. The highest BCUT2D eigenvalue weighted by Gasteiger charge is 2.02. The van der Waals surface area contributed by atoms with E-state index < -0.39 is 0 Å². The monoisotopic (exact) mass is 279 g/mol. The van der Waals surface area contributed by atoms with Gasteiger partial charge in [-0.25, -0.2) is 0 Å². The van der Waals surface area contributed by atoms with Crippen molar-refractivity contribution in [1.29, 1.82) is 0 Å². The quantitative estimate of drug-likeness (QED) is 0.629. The predicted molar refractivity (Wildman–Crippen MR) is 84.3 cm³/mol. The SMILES string of the molecule is CC(C)CNCCCC(C)OCCOc1ccccc1. The maximum atomic E-state index is 5.74. The van der Waals surface area contributed by atoms with E-state index in [0.717, 1.165) is 37.6 Å². The lowest BCUT2D eigenvalue weighted by atomic mass is 10.2. The summed E-state index contributed by atoms with van der Waals surface area (Å²) < 4.78 is 11.3. The van der Waals surface area contributed by atoms with Gasteiger partial charge in [0.05, 0.1) is 12.7 Å². The molecule has 0 aliphatic carbocycles. The van der Waals surface area contributed by atoms with Crippen LogP contribution in [0.1, 0.15) is 33.6 Å². The first-order valence-corrected chi connectivity index (χ1v) is 7.68. The third-order valence-electron chi connectivity index (χ3n) is 3.01. The molecule has 1 aromatic carbocycles. The first kappa shape index (κ1) is 17.0. The van der Waals surface area contributed by atoms with Crippen LogP contribution in [0.2, 0.25) is 0 Å². The molecule has 3 nitrogen and oxygen atoms in total. The molecule has 1 aromatic rings. The number of ether oxygens (including phenoxy) is 2. The van der Waals surface area contributed by atoms with Crippen LogP contribution in [0.4, 0.5) is 0 Å². The number of para-hydroxylation sites is 1. The Balaban J connectivity index is 1.93. The molecule has 0 saturated carbocycles. The molecule has 0 heterocycles. The van der Waals surface area contributed by atoms with Crippen LogP contribution in [0.15, 0.2) is 30.3 Å². The minimum Gasteiger partial charge on any atom is -0.491 e. The second-order valence-corrected chi connectivity index (χ2v) is 5.58. The van der Waals surface area contributed by atoms with Crippen molar-refractivity contribution in [3.05, 3.63) is 30.3 Å². The summed E-state index contributed by atoms with van der Waals surface area (Å²) in [5, 5.41) is 3.45. The number of nitrogens with one attached hydrogen (secondary N) is 1. The van der Waals surface area contributed by atoms with Gasteiger partial charge < -0.3 is 14.8 Å². The Labute approximate surface area is 123 Å². The van der Waals surface area contributed by atoms with Gasteiger partial charge in [-0.15, -0.1) is 0 Å². The molecule has 0 bridgehead atoms. The number of rotatable bonds is 11. The maximum Gasteiger partial charge on any atom is 0.119 e. The summed E-state index contributed by atoms with van der Waals surface area (Å²) in [7, 11) is 0. The second-order valence-electron chi connectivity index (χ2n) is 5.58. The highest BCUT2D eigenvalue weighted by molar-refractivity contribution is 5.20. The van der Waals surface area contributed by atoms with Crippen molar-refractivity contribution in [3.63, 3.8) is 0 Å². The molecule has 0 amide bonds. The van der Waals surface area contributed by atoms with Crippen molar-refractivity contribution in [1.82, 2.24) is 5.32 Å². The molecule has 1 unspecified atom stereocenters. The Morgan fingerprint density at radius 3 is 2.50 bits per heavy atom. The van der Waals surface area contributed by atoms with Gasteiger partial charge in [-0.1, -0.05) is 32.0 Å². The predicted octanol–water partition coefficient (Wildman–Crippen LogP) is 3.50. The fraction of sp³-hybridized carbons (Fsp3) is 0.647. The van der Waals surface area contributed by atoms with Crippen LogP contribution in [0.25, 0.3) is 0 Å². The van der Waals surface area contributed by atoms with Gasteiger partial charge in [-0.05, 0) is 50.9 Å². The smallest absolute Gasteiger partial charge is 0.119 e. The van der Waals surface area contributed by atoms with Gasteiger partial charge >= 0.3 is 0 Å². The minimum atomic E-state index is 0.301. The molecule has 20 heavy (non-hydrogen) atoms. The van der Waals surface area contributed by atoms with Crippen LogP contribution in [-0.2, 0) is 4.74 Å². The Morgan fingerprint density at radius 1 is 1.05 bits per heavy atom. The lowest BCUT2D eigenvalue weighted by Crippen LogP contribution is -2.22. The number of hydrogen-bond donors (Lipinski definition) is 1. The van der Waals surface area contributed by atoms with Crippen molar-refractivity contribution in [2.75, 3.05) is 26.3 Å². The summed E-state index contributed by atoms with van der Waals surface area (Å²) in [5.74, 6) is 1.63. The average molecular weight is 279 g/mol. The molecule has 1 atom stereocenters. The molecule has 0 aliphatic rings. The van der Waals surface area contributed by atoms with E-state index in [1.54, 1.807) is 0 Å². The topological polar surface area (TPSA) is 30.5 Å². The van der Waals surface area contributed by atoms with Crippen molar-refractivity contribution in [2.24, 2.45) is 5.92 Å². The highest BCUT2D eigenvalue weighted by Crippen LogP contribution is 2.08. The fourth-order valence-electron chi connectivity index (χ4n) is 1.91. The van der Waals surface area contributed by atoms with E-state index in [1.807, 2.05) is 30.3 Å². The van der Waals surface area contributed by atoms with Crippen LogP contribution in [0.3, 0.4) is 0 Å². The molecule has 0 saturated heterocycles. The molecular weight excluding hydrogens is 250 g/mol. The Morgan fingerprint density at radius 2 is 1.80 bits per heavy atom. The van der Waals surface area contributed by atoms with Gasteiger partial charge in [0.15, 0.2) is 0 Å². The van der Waals surface area contributed by atoms with Gasteiger partial charge in [0.1, 0.15) is 12.4 Å². The van der Waals surface area contributed by atoms with E-state index >= 15 is 0 Å². The average Bonchev–Trinajstić information content (AvgIpc) is 2.44. The van der Waals surface area contributed by atoms with Gasteiger partial charge in [-0.3, -0.25) is 0 Å². The molecule has 3 heteroatoms. The lowest BCUT2D eigenvalue weighted by molar-refractivity contribution is 0.0388. The van der Waals surface area contributed by atoms with Gasteiger partial charge in [0.25, 0.3) is 0 Å². The van der Waals surface area contributed by atoms with Crippen molar-refractivity contribution >= 4 is 0 Å². The van der Waals surface area contributed by atoms with Crippen LogP contribution < -0.4 is 10.1 Å². The molecule has 114 valence electrons. The lowest BCUT2D eigenvalue weighted by Gasteiger charge is -2.14. The maximum absolute atomic E-state index is 5.74. The molecule has 1 rings (SSSR count). The van der Waals surface area contributed by atoms with Crippen molar-refractivity contribution in [3.8, 4) is 5.75 Å². The second kappa shape index (κ2) is 10.7. The zero-order chi connectivity index (χ0) is 14.6. The standard InChI is InChI=1S/C17H29NO2/c1-15(2)14-18-11-7-8-16(3)19-12-13-20-17-9-5-4-6-10-17/h4-6,9-10,15-16,18H,7-8,11-14H2,1-3H3. The first-order valence-electron chi connectivity index (χ1n) is 7.68. The zero-order valence-corrected chi connectivity index (χ0v) is 13.1. The fourth-order valence-corrected chi connectivity index (χ4v) is 1.91. The summed E-state index contributed by atoms with van der Waals surface area (Å²) in [4.78, 5) is 0. The summed E-state index contributed by atoms with van der Waals surface area (Å²) >= 11 is 0. The zero-order valence-electron chi connectivity index (χ0n) is 13.1. The Hall–Kier alpha value is -1.06. The van der Waals surface area contributed by atoms with Gasteiger partial charge in [-0.2, -0.15) is 0 Å². The molecule has 0 aromatic heterocycles. The van der Waals surface area contributed by atoms with Gasteiger partial charge in [0.2, 0.25) is 0 Å². The van der Waals surface area contributed by atoms with Gasteiger partial charge in [0, 0.05) is 0 Å². The number of benzene rings is 1. The van der Waals surface area contributed by atoms with Crippen molar-refractivity contribution in [2.45, 2.75) is 39.7 Å². The molecule has 0 fully saturated rings. The molecule has 0 aliphatic heterocycles. The van der Waals surface area contributed by atoms with E-state index in [4.69, 9.17) is 9.47 Å². The normalized spacial score (nSPS) is 12.6. The largest absolute Gasteiger partial charge is 0.491 e. The summed E-state index contributed by atoms with van der Waals surface area (Å²) in [6.45, 7) is 10.0. The first-order chi connectivity index (χ1) is 9.68. The van der Waals surface area contributed by atoms with Crippen LogP contribution in [0.5, 0.6) is 5.75 Å². The Kier molecular flexibility index (Phi) is 9.09. The van der Waals surface area contributed by atoms with E-state index in [1.165, 1.54) is 0 Å². The van der Waals surface area contributed by atoms with E-state index in [-0.39, 0.29) is 0 Å². The highest BCUT2D eigenvalue weighted by atomic mass is 16.5. The summed E-state index contributed by atoms with van der Waals surface area (Å²) in [6, 6.07) is 9.86. The molecular formula is C17H29NO2. The van der Waals surface area contributed by atoms with E-state index in [9.17, 15) is 0 Å². The van der Waals surface area contributed by atoms with E-state index in [2.05, 4.69) is 26.1 Å². The molecule has 1 N–H and O–H groups in total. The third kappa shape index (κ3) is 8.94. The van der Waals surface area contributed by atoms with Crippen LogP contribution >= 0.6 is 0 Å². The molecule has 0 spiro atoms. The summed E-state index contributed by atoms with van der Waals surface area (Å²) in [5.41, 5.74) is 0.